The van der Waals surface area contributed by atoms with E-state index in [1.165, 1.54) is 16.9 Å². The summed E-state index contributed by atoms with van der Waals surface area (Å²) in [6, 6.07) is 6.05. The Hall–Kier alpha value is -3.17. The first-order valence-electron chi connectivity index (χ1n) is 6.88. The van der Waals surface area contributed by atoms with Gasteiger partial charge in [-0.1, -0.05) is 26.0 Å². The molecule has 118 valence electrons. The molecular weight excluding hydrogens is 302 g/mol. The molecule has 0 radical (unpaired) electrons. The van der Waals surface area contributed by atoms with Crippen molar-refractivity contribution in [3.05, 3.63) is 46.2 Å². The monoisotopic (exact) mass is 315 g/mol. The smallest absolute Gasteiger partial charge is 0.270 e. The molecule has 0 fully saturated rings. The zero-order valence-electron chi connectivity index (χ0n) is 12.4. The molecule has 0 unspecified atom stereocenters. The highest BCUT2D eigenvalue weighted by atomic mass is 16.6. The van der Waals surface area contributed by atoms with E-state index in [0.717, 1.165) is 0 Å². The first-order valence-corrected chi connectivity index (χ1v) is 6.88. The standard InChI is InChI=1S/C13H13N7O3/c1-8(2)13-16-14-11(23-13)7-19-17-12(15-18-19)9-4-3-5-10(6-9)20(21)22/h3-6,8H,7H2,1-2H3. The second-order valence-corrected chi connectivity index (χ2v) is 5.14. The molecule has 0 saturated heterocycles. The Labute approximate surface area is 130 Å². The molecule has 0 amide bonds. The van der Waals surface area contributed by atoms with Gasteiger partial charge in [0.05, 0.1) is 4.92 Å². The minimum atomic E-state index is -0.472. The van der Waals surface area contributed by atoms with Crippen LogP contribution in [0.1, 0.15) is 31.5 Å². The van der Waals surface area contributed by atoms with Gasteiger partial charge in [0, 0.05) is 23.6 Å². The molecule has 0 aliphatic carbocycles. The van der Waals surface area contributed by atoms with Gasteiger partial charge in [-0.3, -0.25) is 10.1 Å². The van der Waals surface area contributed by atoms with Gasteiger partial charge in [0.2, 0.25) is 17.6 Å². The summed E-state index contributed by atoms with van der Waals surface area (Å²) in [5, 5.41) is 30.6. The molecule has 23 heavy (non-hydrogen) atoms. The maximum atomic E-state index is 10.8. The third-order valence-electron chi connectivity index (χ3n) is 3.02. The summed E-state index contributed by atoms with van der Waals surface area (Å²) in [5.74, 6) is 1.34. The zero-order chi connectivity index (χ0) is 16.4. The van der Waals surface area contributed by atoms with Crippen molar-refractivity contribution in [3.8, 4) is 11.4 Å². The quantitative estimate of drug-likeness (QED) is 0.515. The maximum Gasteiger partial charge on any atom is 0.270 e. The van der Waals surface area contributed by atoms with Crippen LogP contribution in [0.25, 0.3) is 11.4 Å². The second-order valence-electron chi connectivity index (χ2n) is 5.14. The van der Waals surface area contributed by atoms with Gasteiger partial charge >= 0.3 is 0 Å². The second kappa shape index (κ2) is 5.91. The number of nitro benzene ring substituents is 1. The lowest BCUT2D eigenvalue weighted by atomic mass is 10.2. The zero-order valence-corrected chi connectivity index (χ0v) is 12.4. The van der Waals surface area contributed by atoms with Crippen LogP contribution in [0.5, 0.6) is 0 Å². The molecule has 3 rings (SSSR count). The third kappa shape index (κ3) is 3.20. The molecule has 10 heteroatoms. The Balaban J connectivity index is 1.80. The van der Waals surface area contributed by atoms with Crippen LogP contribution in [-0.4, -0.2) is 35.3 Å². The SMILES string of the molecule is CC(C)c1nnc(Cn2nnc(-c3cccc([N+](=O)[O-])c3)n2)o1. The Bertz CT molecular complexity index is 839. The van der Waals surface area contributed by atoms with Gasteiger partial charge in [0.1, 0.15) is 6.54 Å². The average Bonchev–Trinajstić information content (AvgIpc) is 3.17. The fourth-order valence-corrected chi connectivity index (χ4v) is 1.87. The number of benzene rings is 1. The lowest BCUT2D eigenvalue weighted by molar-refractivity contribution is -0.384. The van der Waals surface area contributed by atoms with Crippen molar-refractivity contribution in [3.63, 3.8) is 0 Å². The lowest BCUT2D eigenvalue weighted by Gasteiger charge is -1.96. The molecule has 10 nitrogen and oxygen atoms in total. The van der Waals surface area contributed by atoms with Crippen molar-refractivity contribution >= 4 is 5.69 Å². The normalized spacial score (nSPS) is 11.1. The molecule has 0 aliphatic rings. The molecule has 0 bridgehead atoms. The highest BCUT2D eigenvalue weighted by Gasteiger charge is 2.14. The predicted octanol–water partition coefficient (Wildman–Crippen LogP) is 1.80. The summed E-state index contributed by atoms with van der Waals surface area (Å²) < 4.78 is 5.47. The third-order valence-corrected chi connectivity index (χ3v) is 3.02. The van der Waals surface area contributed by atoms with E-state index >= 15 is 0 Å². The number of rotatable bonds is 5. The van der Waals surface area contributed by atoms with Gasteiger partial charge in [-0.25, -0.2) is 0 Å². The Morgan fingerprint density at radius 2 is 2.13 bits per heavy atom. The van der Waals surface area contributed by atoms with Crippen LogP contribution in [0.15, 0.2) is 28.7 Å². The number of hydrogen-bond acceptors (Lipinski definition) is 8. The van der Waals surface area contributed by atoms with Crippen LogP contribution >= 0.6 is 0 Å². The molecule has 0 aliphatic heterocycles. The highest BCUT2D eigenvalue weighted by Crippen LogP contribution is 2.20. The lowest BCUT2D eigenvalue weighted by Crippen LogP contribution is -2.04. The first-order chi connectivity index (χ1) is 11.0. The molecule has 0 spiro atoms. The molecule has 3 aromatic rings. The van der Waals surface area contributed by atoms with Crippen molar-refractivity contribution in [2.24, 2.45) is 0 Å². The van der Waals surface area contributed by atoms with Crippen molar-refractivity contribution in [2.75, 3.05) is 0 Å². The van der Waals surface area contributed by atoms with Crippen LogP contribution in [0.2, 0.25) is 0 Å². The van der Waals surface area contributed by atoms with E-state index in [1.807, 2.05) is 13.8 Å². The molecule has 0 atom stereocenters. The van der Waals surface area contributed by atoms with Gasteiger partial charge in [0.15, 0.2) is 0 Å². The predicted molar refractivity (Wildman–Crippen MR) is 77.4 cm³/mol. The summed E-state index contributed by atoms with van der Waals surface area (Å²) in [5.41, 5.74) is 0.483. The number of nitrogens with zero attached hydrogens (tertiary/aromatic N) is 7. The highest BCUT2D eigenvalue weighted by molar-refractivity contribution is 5.58. The van der Waals surface area contributed by atoms with Crippen molar-refractivity contribution in [1.29, 1.82) is 0 Å². The minimum Gasteiger partial charge on any atom is -0.423 e. The van der Waals surface area contributed by atoms with Gasteiger partial charge in [-0.05, 0) is 5.21 Å². The molecular formula is C13H13N7O3. The van der Waals surface area contributed by atoms with Crippen LogP contribution in [0.3, 0.4) is 0 Å². The summed E-state index contributed by atoms with van der Waals surface area (Å²) in [6.07, 6.45) is 0. The number of nitro groups is 1. The minimum absolute atomic E-state index is 0.0303. The van der Waals surface area contributed by atoms with Crippen molar-refractivity contribution in [1.82, 2.24) is 30.4 Å². The van der Waals surface area contributed by atoms with E-state index in [9.17, 15) is 10.1 Å². The fraction of sp³-hybridized carbons (Fsp3) is 0.308. The molecule has 2 heterocycles. The molecule has 0 N–H and O–H groups in total. The Morgan fingerprint density at radius 1 is 1.30 bits per heavy atom. The maximum absolute atomic E-state index is 10.8. The van der Waals surface area contributed by atoms with Gasteiger partial charge in [-0.2, -0.15) is 4.80 Å². The number of non-ortho nitro benzene ring substituents is 1. The molecule has 2 aromatic heterocycles. The largest absolute Gasteiger partial charge is 0.423 e. The summed E-state index contributed by atoms with van der Waals surface area (Å²) >= 11 is 0. The van der Waals surface area contributed by atoms with Gasteiger partial charge in [-0.15, -0.1) is 20.4 Å². The number of aromatic nitrogens is 6. The van der Waals surface area contributed by atoms with E-state index in [1.54, 1.807) is 12.1 Å². The fourth-order valence-electron chi connectivity index (χ4n) is 1.87. The van der Waals surface area contributed by atoms with E-state index in [4.69, 9.17) is 4.42 Å². The van der Waals surface area contributed by atoms with E-state index in [0.29, 0.717) is 17.3 Å². The molecule has 1 aromatic carbocycles. The Kier molecular flexibility index (Phi) is 3.79. The van der Waals surface area contributed by atoms with Crippen LogP contribution < -0.4 is 0 Å². The average molecular weight is 315 g/mol. The Morgan fingerprint density at radius 3 is 2.83 bits per heavy atom. The topological polar surface area (TPSA) is 126 Å². The van der Waals surface area contributed by atoms with Gasteiger partial charge < -0.3 is 4.42 Å². The number of hydrogen-bond donors (Lipinski definition) is 0. The summed E-state index contributed by atoms with van der Waals surface area (Å²) in [7, 11) is 0. The van der Waals surface area contributed by atoms with Gasteiger partial charge in [0.25, 0.3) is 5.69 Å². The van der Waals surface area contributed by atoms with Crippen LogP contribution in [0, 0.1) is 10.1 Å². The van der Waals surface area contributed by atoms with Crippen molar-refractivity contribution in [2.45, 2.75) is 26.3 Å². The number of tetrazole rings is 1. The van der Waals surface area contributed by atoms with Crippen molar-refractivity contribution < 1.29 is 9.34 Å². The van der Waals surface area contributed by atoms with E-state index in [-0.39, 0.29) is 24.0 Å². The van der Waals surface area contributed by atoms with Crippen LogP contribution in [-0.2, 0) is 6.54 Å². The van der Waals surface area contributed by atoms with Crippen LogP contribution in [0.4, 0.5) is 5.69 Å². The summed E-state index contributed by atoms with van der Waals surface area (Å²) in [6.45, 7) is 4.08. The molecule has 0 saturated carbocycles. The van der Waals surface area contributed by atoms with E-state index < -0.39 is 4.92 Å². The first kappa shape index (κ1) is 14.8. The van der Waals surface area contributed by atoms with E-state index in [2.05, 4.69) is 25.6 Å². The summed E-state index contributed by atoms with van der Waals surface area (Å²) in [4.78, 5) is 11.6.